The monoisotopic (exact) mass is 215 g/mol. The number of thiazole rings is 1. The molecule has 14 heavy (non-hydrogen) atoms. The fourth-order valence-corrected chi connectivity index (χ4v) is 1.65. The molecule has 0 aromatic carbocycles. The van der Waals surface area contributed by atoms with E-state index in [1.807, 2.05) is 12.3 Å². The van der Waals surface area contributed by atoms with Crippen molar-refractivity contribution in [2.24, 2.45) is 5.73 Å². The summed E-state index contributed by atoms with van der Waals surface area (Å²) in [5.74, 6) is -0.993. The van der Waals surface area contributed by atoms with Crippen LogP contribution in [0.5, 0.6) is 0 Å². The van der Waals surface area contributed by atoms with Crippen LogP contribution in [0.25, 0.3) is 0 Å². The van der Waals surface area contributed by atoms with Crippen molar-refractivity contribution in [1.82, 2.24) is 10.3 Å². The molecule has 1 heterocycles. The molecule has 0 aliphatic rings. The number of nitrogens with zero attached hydrogens (tertiary/aromatic N) is 1. The SMILES string of the molecule is Cc1csc(CNCC(N)C(=O)O)n1. The van der Waals surface area contributed by atoms with Gasteiger partial charge in [-0.25, -0.2) is 4.98 Å². The Bertz CT molecular complexity index is 313. The average Bonchev–Trinajstić information content (AvgIpc) is 2.51. The molecule has 1 aromatic rings. The van der Waals surface area contributed by atoms with Crippen molar-refractivity contribution in [1.29, 1.82) is 0 Å². The lowest BCUT2D eigenvalue weighted by Crippen LogP contribution is -2.40. The Morgan fingerprint density at radius 3 is 3.07 bits per heavy atom. The number of carboxylic acids is 1. The lowest BCUT2D eigenvalue weighted by molar-refractivity contribution is -0.138. The van der Waals surface area contributed by atoms with E-state index in [1.54, 1.807) is 11.3 Å². The standard InChI is InChI=1S/C8H13N3O2S/c1-5-4-14-7(11-5)3-10-2-6(9)8(12)13/h4,6,10H,2-3,9H2,1H3,(H,12,13). The Morgan fingerprint density at radius 1 is 1.86 bits per heavy atom. The Labute approximate surface area is 86.0 Å². The van der Waals surface area contributed by atoms with Crippen LogP contribution >= 0.6 is 11.3 Å². The number of hydrogen-bond acceptors (Lipinski definition) is 5. The van der Waals surface area contributed by atoms with Crippen LogP contribution in [0, 0.1) is 6.92 Å². The third kappa shape index (κ3) is 3.41. The van der Waals surface area contributed by atoms with Crippen LogP contribution < -0.4 is 11.1 Å². The summed E-state index contributed by atoms with van der Waals surface area (Å²) in [5.41, 5.74) is 6.29. The van der Waals surface area contributed by atoms with Gasteiger partial charge in [-0.2, -0.15) is 0 Å². The molecule has 0 saturated carbocycles. The van der Waals surface area contributed by atoms with Gasteiger partial charge in [0, 0.05) is 24.2 Å². The molecule has 1 unspecified atom stereocenters. The van der Waals surface area contributed by atoms with Gasteiger partial charge in [0.25, 0.3) is 0 Å². The van der Waals surface area contributed by atoms with Crippen molar-refractivity contribution < 1.29 is 9.90 Å². The van der Waals surface area contributed by atoms with E-state index in [1.165, 1.54) is 0 Å². The number of aliphatic carboxylic acids is 1. The molecule has 0 radical (unpaired) electrons. The molecule has 1 rings (SSSR count). The van der Waals surface area contributed by atoms with Crippen LogP contribution in [-0.2, 0) is 11.3 Å². The third-order valence-corrected chi connectivity index (χ3v) is 2.59. The maximum atomic E-state index is 10.4. The van der Waals surface area contributed by atoms with E-state index >= 15 is 0 Å². The second-order valence-electron chi connectivity index (χ2n) is 2.96. The lowest BCUT2D eigenvalue weighted by atomic mass is 10.3. The summed E-state index contributed by atoms with van der Waals surface area (Å²) in [6.45, 7) is 2.75. The summed E-state index contributed by atoms with van der Waals surface area (Å²) in [7, 11) is 0. The number of carbonyl (C=O) groups is 1. The summed E-state index contributed by atoms with van der Waals surface area (Å²) in [6.07, 6.45) is 0. The van der Waals surface area contributed by atoms with Gasteiger partial charge in [0.1, 0.15) is 11.0 Å². The van der Waals surface area contributed by atoms with Gasteiger partial charge in [0.15, 0.2) is 0 Å². The highest BCUT2D eigenvalue weighted by Crippen LogP contribution is 2.07. The third-order valence-electron chi connectivity index (χ3n) is 1.62. The predicted molar refractivity (Wildman–Crippen MR) is 54.2 cm³/mol. The minimum Gasteiger partial charge on any atom is -0.480 e. The van der Waals surface area contributed by atoms with E-state index in [0.717, 1.165) is 10.7 Å². The highest BCUT2D eigenvalue weighted by molar-refractivity contribution is 7.09. The molecule has 6 heteroatoms. The van der Waals surface area contributed by atoms with Crippen LogP contribution in [0.15, 0.2) is 5.38 Å². The van der Waals surface area contributed by atoms with Gasteiger partial charge in [0.05, 0.1) is 0 Å². The normalized spacial score (nSPS) is 12.7. The molecular formula is C8H13N3O2S. The fourth-order valence-electron chi connectivity index (χ4n) is 0.906. The van der Waals surface area contributed by atoms with Crippen LogP contribution in [0.4, 0.5) is 0 Å². The molecule has 0 aliphatic carbocycles. The first-order valence-corrected chi connectivity index (χ1v) is 5.07. The number of carboxylic acid groups (broad SMARTS) is 1. The van der Waals surface area contributed by atoms with E-state index < -0.39 is 12.0 Å². The van der Waals surface area contributed by atoms with Crippen LogP contribution in [0.2, 0.25) is 0 Å². The summed E-state index contributed by atoms with van der Waals surface area (Å²) in [6, 6.07) is -0.851. The minimum absolute atomic E-state index is 0.258. The summed E-state index contributed by atoms with van der Waals surface area (Å²) in [4.78, 5) is 14.6. The van der Waals surface area contributed by atoms with Gasteiger partial charge in [-0.1, -0.05) is 0 Å². The van der Waals surface area contributed by atoms with Crippen molar-refractivity contribution in [2.45, 2.75) is 19.5 Å². The smallest absolute Gasteiger partial charge is 0.321 e. The average molecular weight is 215 g/mol. The van der Waals surface area contributed by atoms with E-state index in [9.17, 15) is 4.79 Å². The van der Waals surface area contributed by atoms with E-state index in [2.05, 4.69) is 10.3 Å². The first-order chi connectivity index (χ1) is 6.59. The molecule has 4 N–H and O–H groups in total. The van der Waals surface area contributed by atoms with Crippen molar-refractivity contribution in [2.75, 3.05) is 6.54 Å². The Hall–Kier alpha value is -0.980. The number of aryl methyl sites for hydroxylation is 1. The number of rotatable bonds is 5. The number of hydrogen-bond donors (Lipinski definition) is 3. The van der Waals surface area contributed by atoms with Gasteiger partial charge in [0.2, 0.25) is 0 Å². The largest absolute Gasteiger partial charge is 0.480 e. The first kappa shape index (κ1) is 11.1. The van der Waals surface area contributed by atoms with Crippen molar-refractivity contribution >= 4 is 17.3 Å². The topological polar surface area (TPSA) is 88.2 Å². The molecular weight excluding hydrogens is 202 g/mol. The van der Waals surface area contributed by atoms with Gasteiger partial charge < -0.3 is 16.2 Å². The summed E-state index contributed by atoms with van der Waals surface area (Å²) in [5, 5.41) is 14.3. The maximum Gasteiger partial charge on any atom is 0.321 e. The molecule has 0 aliphatic heterocycles. The first-order valence-electron chi connectivity index (χ1n) is 4.19. The Kier molecular flexibility index (Phi) is 3.99. The second kappa shape index (κ2) is 5.04. The summed E-state index contributed by atoms with van der Waals surface area (Å²) < 4.78 is 0. The molecule has 0 amide bonds. The molecule has 0 fully saturated rings. The minimum atomic E-state index is -0.993. The van der Waals surface area contributed by atoms with Gasteiger partial charge in [-0.15, -0.1) is 11.3 Å². The van der Waals surface area contributed by atoms with E-state index in [0.29, 0.717) is 6.54 Å². The van der Waals surface area contributed by atoms with Gasteiger partial charge in [-0.3, -0.25) is 4.79 Å². The van der Waals surface area contributed by atoms with Gasteiger partial charge in [-0.05, 0) is 6.92 Å². The van der Waals surface area contributed by atoms with Gasteiger partial charge >= 0.3 is 5.97 Å². The molecule has 0 bridgehead atoms. The maximum absolute atomic E-state index is 10.4. The zero-order chi connectivity index (χ0) is 10.6. The zero-order valence-corrected chi connectivity index (χ0v) is 8.67. The van der Waals surface area contributed by atoms with E-state index in [4.69, 9.17) is 10.8 Å². The number of nitrogens with two attached hydrogens (primary N) is 1. The Morgan fingerprint density at radius 2 is 2.57 bits per heavy atom. The van der Waals surface area contributed by atoms with Crippen LogP contribution in [-0.4, -0.2) is 28.6 Å². The fraction of sp³-hybridized carbons (Fsp3) is 0.500. The highest BCUT2D eigenvalue weighted by Gasteiger charge is 2.10. The molecule has 78 valence electrons. The second-order valence-corrected chi connectivity index (χ2v) is 3.90. The molecule has 0 saturated heterocycles. The number of nitrogens with one attached hydrogen (secondary N) is 1. The molecule has 1 atom stereocenters. The quantitative estimate of drug-likeness (QED) is 0.641. The zero-order valence-electron chi connectivity index (χ0n) is 7.86. The van der Waals surface area contributed by atoms with Crippen molar-refractivity contribution in [3.05, 3.63) is 16.1 Å². The summed E-state index contributed by atoms with van der Waals surface area (Å²) >= 11 is 1.55. The molecule has 1 aromatic heterocycles. The van der Waals surface area contributed by atoms with Crippen LogP contribution in [0.1, 0.15) is 10.7 Å². The van der Waals surface area contributed by atoms with E-state index in [-0.39, 0.29) is 6.54 Å². The van der Waals surface area contributed by atoms with Crippen molar-refractivity contribution in [3.8, 4) is 0 Å². The number of aromatic nitrogens is 1. The van der Waals surface area contributed by atoms with Crippen LogP contribution in [0.3, 0.4) is 0 Å². The predicted octanol–water partition coefficient (Wildman–Crippen LogP) is -0.0470. The highest BCUT2D eigenvalue weighted by atomic mass is 32.1. The molecule has 5 nitrogen and oxygen atoms in total. The van der Waals surface area contributed by atoms with Crippen molar-refractivity contribution in [3.63, 3.8) is 0 Å². The molecule has 0 spiro atoms. The Balaban J connectivity index is 2.25. The lowest BCUT2D eigenvalue weighted by Gasteiger charge is -2.06.